The lowest BCUT2D eigenvalue weighted by atomic mass is 10.0. The van der Waals surface area contributed by atoms with E-state index in [-0.39, 0.29) is 5.91 Å². The molecule has 1 aliphatic rings. The van der Waals surface area contributed by atoms with E-state index in [2.05, 4.69) is 5.32 Å². The quantitative estimate of drug-likeness (QED) is 0.697. The maximum Gasteiger partial charge on any atom is 0.326 e. The lowest BCUT2D eigenvalue weighted by molar-refractivity contribution is -0.141. The van der Waals surface area contributed by atoms with Crippen LogP contribution in [0.2, 0.25) is 0 Å². The van der Waals surface area contributed by atoms with Crippen molar-refractivity contribution >= 4 is 11.9 Å². The zero-order valence-corrected chi connectivity index (χ0v) is 10.3. The van der Waals surface area contributed by atoms with E-state index in [1.165, 1.54) is 12.8 Å². The Bertz CT molecular complexity index is 293. The first-order chi connectivity index (χ1) is 8.13. The zero-order chi connectivity index (χ0) is 12.7. The van der Waals surface area contributed by atoms with Crippen LogP contribution in [0.15, 0.2) is 12.2 Å². The monoisotopic (exact) mass is 239 g/mol. The van der Waals surface area contributed by atoms with Crippen LogP contribution in [-0.4, -0.2) is 23.0 Å². The fraction of sp³-hybridized carbons (Fsp3) is 0.692. The molecule has 0 spiro atoms. The van der Waals surface area contributed by atoms with Gasteiger partial charge in [-0.15, -0.1) is 0 Å². The van der Waals surface area contributed by atoms with E-state index >= 15 is 0 Å². The van der Waals surface area contributed by atoms with Crippen LogP contribution in [0.25, 0.3) is 0 Å². The van der Waals surface area contributed by atoms with E-state index in [1.54, 1.807) is 12.2 Å². The molecular weight excluding hydrogens is 218 g/mol. The molecule has 1 aliphatic carbocycles. The molecule has 0 aromatic rings. The average Bonchev–Trinajstić information content (AvgIpc) is 2.76. The van der Waals surface area contributed by atoms with Crippen LogP contribution in [0, 0.1) is 5.92 Å². The molecule has 0 radical (unpaired) electrons. The molecule has 4 heteroatoms. The molecule has 2 N–H and O–H groups in total. The Morgan fingerprint density at radius 3 is 2.59 bits per heavy atom. The molecular formula is C13H21NO3. The summed E-state index contributed by atoms with van der Waals surface area (Å²) in [6.45, 7) is 1.83. The summed E-state index contributed by atoms with van der Waals surface area (Å²) in [4.78, 5) is 22.6. The third-order valence-electron chi connectivity index (χ3n) is 3.19. The van der Waals surface area contributed by atoms with Crippen molar-refractivity contribution in [3.63, 3.8) is 0 Å². The van der Waals surface area contributed by atoms with Gasteiger partial charge in [-0.05, 0) is 32.1 Å². The summed E-state index contributed by atoms with van der Waals surface area (Å²) in [5, 5.41) is 11.5. The van der Waals surface area contributed by atoms with Crippen LogP contribution in [0.3, 0.4) is 0 Å². The van der Waals surface area contributed by atoms with Gasteiger partial charge in [0.05, 0.1) is 0 Å². The van der Waals surface area contributed by atoms with Gasteiger partial charge in [0, 0.05) is 6.42 Å². The van der Waals surface area contributed by atoms with Crippen molar-refractivity contribution < 1.29 is 14.7 Å². The molecule has 1 fully saturated rings. The zero-order valence-electron chi connectivity index (χ0n) is 10.3. The largest absolute Gasteiger partial charge is 0.480 e. The number of hydrogen-bond acceptors (Lipinski definition) is 2. The minimum Gasteiger partial charge on any atom is -0.480 e. The summed E-state index contributed by atoms with van der Waals surface area (Å²) >= 11 is 0. The number of amides is 1. The number of allylic oxidation sites excluding steroid dienone is 1. The molecule has 0 aromatic heterocycles. The molecule has 0 aliphatic heterocycles. The maximum atomic E-state index is 11.7. The number of carbonyl (C=O) groups is 2. The van der Waals surface area contributed by atoms with Crippen molar-refractivity contribution in [3.05, 3.63) is 12.2 Å². The Hall–Kier alpha value is -1.32. The number of carboxylic acids is 1. The van der Waals surface area contributed by atoms with Crippen molar-refractivity contribution in [2.45, 2.75) is 51.5 Å². The summed E-state index contributed by atoms with van der Waals surface area (Å²) in [6, 6.07) is -0.792. The topological polar surface area (TPSA) is 66.4 Å². The van der Waals surface area contributed by atoms with Gasteiger partial charge in [-0.1, -0.05) is 25.0 Å². The van der Waals surface area contributed by atoms with Crippen LogP contribution >= 0.6 is 0 Å². The van der Waals surface area contributed by atoms with Gasteiger partial charge in [0.2, 0.25) is 5.91 Å². The van der Waals surface area contributed by atoms with Crippen LogP contribution in [0.5, 0.6) is 0 Å². The number of carbonyl (C=O) groups excluding carboxylic acids is 1. The Labute approximate surface area is 102 Å². The summed E-state index contributed by atoms with van der Waals surface area (Å²) in [5.74, 6) is -0.650. The molecule has 1 atom stereocenters. The Balaban J connectivity index is 2.37. The smallest absolute Gasteiger partial charge is 0.326 e. The fourth-order valence-corrected chi connectivity index (χ4v) is 2.22. The standard InChI is InChI=1S/C13H21NO3/c1-2-3-8-11(13(16)17)14-12(15)9-10-6-4-5-7-10/h2-3,10-11H,4-9H2,1H3,(H,14,15)(H,16,17)/b3-2+. The fourth-order valence-electron chi connectivity index (χ4n) is 2.22. The molecule has 0 bridgehead atoms. The van der Waals surface area contributed by atoms with Crippen molar-refractivity contribution in [3.8, 4) is 0 Å². The minimum atomic E-state index is -0.970. The Kier molecular flexibility index (Phi) is 5.73. The highest BCUT2D eigenvalue weighted by Gasteiger charge is 2.22. The molecule has 96 valence electrons. The molecule has 1 saturated carbocycles. The number of aliphatic carboxylic acids is 1. The highest BCUT2D eigenvalue weighted by molar-refractivity contribution is 5.83. The second kappa shape index (κ2) is 7.09. The third-order valence-corrected chi connectivity index (χ3v) is 3.19. The molecule has 0 heterocycles. The van der Waals surface area contributed by atoms with E-state index in [9.17, 15) is 9.59 Å². The maximum absolute atomic E-state index is 11.7. The minimum absolute atomic E-state index is 0.131. The molecule has 0 saturated heterocycles. The van der Waals surface area contributed by atoms with Gasteiger partial charge in [0.1, 0.15) is 6.04 Å². The number of hydrogen-bond donors (Lipinski definition) is 2. The molecule has 1 rings (SSSR count). The van der Waals surface area contributed by atoms with E-state index in [0.717, 1.165) is 12.8 Å². The first-order valence-corrected chi connectivity index (χ1v) is 6.26. The average molecular weight is 239 g/mol. The van der Waals surface area contributed by atoms with Gasteiger partial charge in [-0.2, -0.15) is 0 Å². The normalized spacial score (nSPS) is 18.4. The Morgan fingerprint density at radius 2 is 2.06 bits per heavy atom. The van der Waals surface area contributed by atoms with Crippen LogP contribution < -0.4 is 5.32 Å². The molecule has 17 heavy (non-hydrogen) atoms. The van der Waals surface area contributed by atoms with Gasteiger partial charge in [0.25, 0.3) is 0 Å². The van der Waals surface area contributed by atoms with Crippen LogP contribution in [0.4, 0.5) is 0 Å². The predicted octanol–water partition coefficient (Wildman–Crippen LogP) is 2.10. The van der Waals surface area contributed by atoms with Gasteiger partial charge >= 0.3 is 5.97 Å². The lowest BCUT2D eigenvalue weighted by Gasteiger charge is -2.14. The van der Waals surface area contributed by atoms with E-state index in [1.807, 2.05) is 6.92 Å². The molecule has 4 nitrogen and oxygen atoms in total. The van der Waals surface area contributed by atoms with Crippen LogP contribution in [0.1, 0.15) is 45.4 Å². The molecule has 1 unspecified atom stereocenters. The second-order valence-corrected chi connectivity index (χ2v) is 4.62. The van der Waals surface area contributed by atoms with Gasteiger partial charge in [-0.3, -0.25) is 4.79 Å². The van der Waals surface area contributed by atoms with E-state index < -0.39 is 12.0 Å². The van der Waals surface area contributed by atoms with E-state index in [0.29, 0.717) is 18.8 Å². The summed E-state index contributed by atoms with van der Waals surface area (Å²) in [5.41, 5.74) is 0. The SMILES string of the molecule is C/C=C/CC(NC(=O)CC1CCCC1)C(=O)O. The van der Waals surface area contributed by atoms with Crippen molar-refractivity contribution in [2.75, 3.05) is 0 Å². The van der Waals surface area contributed by atoms with Crippen molar-refractivity contribution in [1.29, 1.82) is 0 Å². The first kappa shape index (κ1) is 13.7. The Morgan fingerprint density at radius 1 is 1.41 bits per heavy atom. The van der Waals surface area contributed by atoms with Gasteiger partial charge < -0.3 is 10.4 Å². The summed E-state index contributed by atoms with van der Waals surface area (Å²) < 4.78 is 0. The number of carboxylic acid groups (broad SMARTS) is 1. The highest BCUT2D eigenvalue weighted by Crippen LogP contribution is 2.27. The number of rotatable bonds is 6. The number of nitrogens with one attached hydrogen (secondary N) is 1. The first-order valence-electron chi connectivity index (χ1n) is 6.26. The summed E-state index contributed by atoms with van der Waals surface area (Å²) in [6.07, 6.45) is 8.95. The highest BCUT2D eigenvalue weighted by atomic mass is 16.4. The lowest BCUT2D eigenvalue weighted by Crippen LogP contribution is -2.40. The second-order valence-electron chi connectivity index (χ2n) is 4.62. The summed E-state index contributed by atoms with van der Waals surface area (Å²) in [7, 11) is 0. The third kappa shape index (κ3) is 5.02. The predicted molar refractivity (Wildman–Crippen MR) is 65.6 cm³/mol. The van der Waals surface area contributed by atoms with Crippen LogP contribution in [-0.2, 0) is 9.59 Å². The van der Waals surface area contributed by atoms with Crippen molar-refractivity contribution in [2.24, 2.45) is 5.92 Å². The molecule has 0 aromatic carbocycles. The van der Waals surface area contributed by atoms with Crippen molar-refractivity contribution in [1.82, 2.24) is 5.32 Å². The van der Waals surface area contributed by atoms with Gasteiger partial charge in [-0.25, -0.2) is 4.79 Å². The van der Waals surface area contributed by atoms with Gasteiger partial charge in [0.15, 0.2) is 0 Å². The van der Waals surface area contributed by atoms with E-state index in [4.69, 9.17) is 5.11 Å². The molecule has 1 amide bonds.